The molecule has 1 amide bonds. The van der Waals surface area contributed by atoms with Gasteiger partial charge < -0.3 is 45.4 Å². The molecule has 10 nitrogen and oxygen atoms in total. The van der Waals surface area contributed by atoms with Crippen molar-refractivity contribution in [2.24, 2.45) is 0 Å². The maximum Gasteiger partial charge on any atom is 0.220 e. The first kappa shape index (κ1) is 41.2. The molecular formula is C34H67NO9. The van der Waals surface area contributed by atoms with Crippen LogP contribution in [0.5, 0.6) is 0 Å². The van der Waals surface area contributed by atoms with Crippen LogP contribution in [0, 0.1) is 0 Å². The van der Waals surface area contributed by atoms with E-state index in [0.29, 0.717) is 6.42 Å². The van der Waals surface area contributed by atoms with Gasteiger partial charge in [0.1, 0.15) is 30.5 Å². The zero-order chi connectivity index (χ0) is 32.6. The fourth-order valence-corrected chi connectivity index (χ4v) is 5.78. The van der Waals surface area contributed by atoms with Crippen molar-refractivity contribution in [3.63, 3.8) is 0 Å². The summed E-state index contributed by atoms with van der Waals surface area (Å²) in [5.74, 6) is -0.263. The van der Waals surface area contributed by atoms with Gasteiger partial charge in [-0.3, -0.25) is 4.79 Å². The predicted octanol–water partition coefficient (Wildman–Crippen LogP) is 4.24. The first-order chi connectivity index (χ1) is 21.3. The van der Waals surface area contributed by atoms with Crippen LogP contribution in [-0.4, -0.2) is 98.7 Å². The van der Waals surface area contributed by atoms with Gasteiger partial charge in [0.2, 0.25) is 5.91 Å². The van der Waals surface area contributed by atoms with Gasteiger partial charge in [-0.05, 0) is 12.8 Å². The zero-order valence-corrected chi connectivity index (χ0v) is 27.8. The summed E-state index contributed by atoms with van der Waals surface area (Å²) in [4.78, 5) is 12.8. The van der Waals surface area contributed by atoms with Crippen molar-refractivity contribution in [2.45, 2.75) is 198 Å². The van der Waals surface area contributed by atoms with E-state index in [0.717, 1.165) is 51.4 Å². The second kappa shape index (κ2) is 26.2. The van der Waals surface area contributed by atoms with Crippen molar-refractivity contribution in [3.05, 3.63) is 0 Å². The molecule has 1 heterocycles. The number of rotatable bonds is 28. The smallest absolute Gasteiger partial charge is 0.220 e. The summed E-state index contributed by atoms with van der Waals surface area (Å²) in [7, 11) is 0. The maximum absolute atomic E-state index is 12.8. The molecule has 0 aromatic rings. The van der Waals surface area contributed by atoms with Gasteiger partial charge in [-0.1, -0.05) is 129 Å². The van der Waals surface area contributed by atoms with Crippen molar-refractivity contribution in [1.82, 2.24) is 5.32 Å². The second-order valence-electron chi connectivity index (χ2n) is 12.8. The Balaban J connectivity index is 2.55. The lowest BCUT2D eigenvalue weighted by atomic mass is 9.98. The minimum absolute atomic E-state index is 0.263. The third-order valence-corrected chi connectivity index (χ3v) is 8.80. The molecule has 7 N–H and O–H groups in total. The molecular weight excluding hydrogens is 566 g/mol. The molecule has 1 aliphatic rings. The molecule has 0 saturated carbocycles. The molecule has 262 valence electrons. The molecule has 44 heavy (non-hydrogen) atoms. The number of hydrogen-bond acceptors (Lipinski definition) is 9. The van der Waals surface area contributed by atoms with E-state index in [1.165, 1.54) is 70.6 Å². The van der Waals surface area contributed by atoms with Gasteiger partial charge in [0.05, 0.1) is 25.4 Å². The third-order valence-electron chi connectivity index (χ3n) is 8.80. The number of amides is 1. The summed E-state index contributed by atoms with van der Waals surface area (Å²) in [6, 6.07) is -0.980. The normalized spacial score (nSPS) is 24.2. The third kappa shape index (κ3) is 17.7. The number of aliphatic hydroxyl groups excluding tert-OH is 6. The monoisotopic (exact) mass is 633 g/mol. The minimum atomic E-state index is -1.60. The van der Waals surface area contributed by atoms with E-state index in [1.54, 1.807) is 0 Å². The van der Waals surface area contributed by atoms with Crippen LogP contribution in [0.15, 0.2) is 0 Å². The van der Waals surface area contributed by atoms with E-state index < -0.39 is 55.6 Å². The topological polar surface area (TPSA) is 169 Å². The van der Waals surface area contributed by atoms with E-state index in [-0.39, 0.29) is 18.9 Å². The number of nitrogens with one attached hydrogen (secondary N) is 1. The van der Waals surface area contributed by atoms with Gasteiger partial charge in [-0.25, -0.2) is 0 Å². The standard InChI is InChI=1S/C34H67NO9/c1-3-5-7-9-11-13-15-17-19-21-23-29(38)35-26(25-43-34-33(42)32(41)31(40)28(24-36)44-34)30(39)27(37)22-20-18-16-14-12-10-8-6-4-2/h26-28,30-34,36-37,39-42H,3-25H2,1-2H3,(H,35,38)/t26-,27+,28+,30-,31-,32?,33?,34+/m0/s1. The van der Waals surface area contributed by atoms with Gasteiger partial charge in [0.25, 0.3) is 0 Å². The number of hydrogen-bond donors (Lipinski definition) is 7. The van der Waals surface area contributed by atoms with Gasteiger partial charge in [-0.15, -0.1) is 0 Å². The highest BCUT2D eigenvalue weighted by molar-refractivity contribution is 5.76. The van der Waals surface area contributed by atoms with Crippen molar-refractivity contribution >= 4 is 5.91 Å². The van der Waals surface area contributed by atoms with Crippen LogP contribution >= 0.6 is 0 Å². The van der Waals surface area contributed by atoms with E-state index in [9.17, 15) is 35.4 Å². The Bertz CT molecular complexity index is 683. The van der Waals surface area contributed by atoms with Crippen molar-refractivity contribution in [2.75, 3.05) is 13.2 Å². The predicted molar refractivity (Wildman–Crippen MR) is 172 cm³/mol. The van der Waals surface area contributed by atoms with E-state index in [4.69, 9.17) is 9.47 Å². The van der Waals surface area contributed by atoms with E-state index in [2.05, 4.69) is 19.2 Å². The molecule has 0 aromatic heterocycles. The summed E-state index contributed by atoms with van der Waals surface area (Å²) < 4.78 is 11.1. The minimum Gasteiger partial charge on any atom is -0.394 e. The first-order valence-electron chi connectivity index (χ1n) is 17.8. The zero-order valence-electron chi connectivity index (χ0n) is 27.8. The molecule has 0 radical (unpaired) electrons. The highest BCUT2D eigenvalue weighted by Gasteiger charge is 2.44. The molecule has 2 unspecified atom stereocenters. The van der Waals surface area contributed by atoms with Crippen molar-refractivity contribution in [3.8, 4) is 0 Å². The van der Waals surface area contributed by atoms with Crippen LogP contribution < -0.4 is 5.32 Å². The maximum atomic E-state index is 12.8. The van der Waals surface area contributed by atoms with Gasteiger partial charge >= 0.3 is 0 Å². The molecule has 1 rings (SSSR count). The fraction of sp³-hybridized carbons (Fsp3) is 0.971. The fourth-order valence-electron chi connectivity index (χ4n) is 5.78. The number of aliphatic hydroxyl groups is 6. The lowest BCUT2D eigenvalue weighted by Gasteiger charge is -2.40. The molecule has 0 spiro atoms. The van der Waals surface area contributed by atoms with Crippen LogP contribution in [0.25, 0.3) is 0 Å². The summed E-state index contributed by atoms with van der Waals surface area (Å²) in [6.45, 7) is 3.52. The summed E-state index contributed by atoms with van der Waals surface area (Å²) in [5, 5.41) is 64.5. The Morgan fingerprint density at radius 2 is 1.18 bits per heavy atom. The molecule has 0 bridgehead atoms. The largest absolute Gasteiger partial charge is 0.394 e. The molecule has 1 fully saturated rings. The molecule has 0 aromatic carbocycles. The van der Waals surface area contributed by atoms with Crippen LogP contribution in [0.3, 0.4) is 0 Å². The number of unbranched alkanes of at least 4 members (excludes halogenated alkanes) is 17. The quantitative estimate of drug-likeness (QED) is 0.0623. The molecule has 10 heteroatoms. The first-order valence-corrected chi connectivity index (χ1v) is 17.8. The highest BCUT2D eigenvalue weighted by atomic mass is 16.7. The van der Waals surface area contributed by atoms with Crippen molar-refractivity contribution < 1.29 is 44.9 Å². The Kier molecular flexibility index (Phi) is 24.6. The lowest BCUT2D eigenvalue weighted by Crippen LogP contribution is -2.60. The summed E-state index contributed by atoms with van der Waals surface area (Å²) in [5.41, 5.74) is 0. The SMILES string of the molecule is CCCCCCCCCCCCC(=O)N[C@@H](CO[C@@H]1O[C@H](CO)[C@H](O)C(O)C1O)[C@H](O)[C@H](O)CCCCCCCCCCC. The summed E-state index contributed by atoms with van der Waals surface area (Å²) >= 11 is 0. The van der Waals surface area contributed by atoms with Crippen LogP contribution in [0.1, 0.15) is 149 Å². The summed E-state index contributed by atoms with van der Waals surface area (Å²) in [6.07, 6.45) is 12.7. The van der Waals surface area contributed by atoms with Crippen LogP contribution in [0.4, 0.5) is 0 Å². The number of ether oxygens (including phenoxy) is 2. The Labute approximate surface area is 266 Å². The highest BCUT2D eigenvalue weighted by Crippen LogP contribution is 2.23. The second-order valence-corrected chi connectivity index (χ2v) is 12.8. The Morgan fingerprint density at radius 3 is 1.68 bits per heavy atom. The molecule has 0 aliphatic carbocycles. The number of carbonyl (C=O) groups is 1. The van der Waals surface area contributed by atoms with Gasteiger partial charge in [0, 0.05) is 6.42 Å². The van der Waals surface area contributed by atoms with E-state index >= 15 is 0 Å². The van der Waals surface area contributed by atoms with Crippen LogP contribution in [-0.2, 0) is 14.3 Å². The average Bonchev–Trinajstić information content (AvgIpc) is 3.02. The van der Waals surface area contributed by atoms with Gasteiger partial charge in [-0.2, -0.15) is 0 Å². The van der Waals surface area contributed by atoms with Crippen LogP contribution in [0.2, 0.25) is 0 Å². The Morgan fingerprint density at radius 1 is 0.705 bits per heavy atom. The van der Waals surface area contributed by atoms with Crippen molar-refractivity contribution in [1.29, 1.82) is 0 Å². The average molecular weight is 634 g/mol. The lowest BCUT2D eigenvalue weighted by molar-refractivity contribution is -0.303. The van der Waals surface area contributed by atoms with E-state index in [1.807, 2.05) is 0 Å². The number of carbonyl (C=O) groups excluding carboxylic acids is 1. The Hall–Kier alpha value is -0.850. The molecule has 8 atom stereocenters. The van der Waals surface area contributed by atoms with Gasteiger partial charge in [0.15, 0.2) is 6.29 Å². The molecule has 1 aliphatic heterocycles. The molecule has 1 saturated heterocycles.